The van der Waals surface area contributed by atoms with E-state index in [9.17, 15) is 14.7 Å². The maximum atomic E-state index is 11.9. The van der Waals surface area contributed by atoms with Crippen LogP contribution in [-0.2, 0) is 15.1 Å². The van der Waals surface area contributed by atoms with Gasteiger partial charge >= 0.3 is 5.97 Å². The molecule has 134 valence electrons. The summed E-state index contributed by atoms with van der Waals surface area (Å²) in [6, 6.07) is 12.0. The number of oxazole rings is 1. The van der Waals surface area contributed by atoms with E-state index in [0.717, 1.165) is 5.56 Å². The quantitative estimate of drug-likeness (QED) is 0.750. The smallest absolute Gasteiger partial charge is 0.334 e. The molecule has 7 heteroatoms. The van der Waals surface area contributed by atoms with Crippen molar-refractivity contribution in [2.24, 2.45) is 0 Å². The number of fused-ring (bicyclic) bond motifs is 1. The number of rotatable bonds is 4. The highest BCUT2D eigenvalue weighted by molar-refractivity contribution is 6.30. The molecule has 1 heterocycles. The average Bonchev–Trinajstić information content (AvgIpc) is 3.03. The number of aromatic nitrogens is 1. The van der Waals surface area contributed by atoms with Crippen LogP contribution in [0.3, 0.4) is 0 Å². The molecule has 3 rings (SSSR count). The van der Waals surface area contributed by atoms with Crippen molar-refractivity contribution in [3.63, 3.8) is 0 Å². The minimum atomic E-state index is -1.51. The Morgan fingerprint density at radius 3 is 2.42 bits per heavy atom. The van der Waals surface area contributed by atoms with Gasteiger partial charge in [-0.2, -0.15) is 0 Å². The van der Waals surface area contributed by atoms with Crippen LogP contribution in [0.4, 0.5) is 0 Å². The van der Waals surface area contributed by atoms with E-state index in [1.54, 1.807) is 42.5 Å². The first kappa shape index (κ1) is 17.9. The molecule has 0 saturated heterocycles. The highest BCUT2D eigenvalue weighted by Gasteiger charge is 2.41. The summed E-state index contributed by atoms with van der Waals surface area (Å²) in [5, 5.41) is 10.3. The minimum absolute atomic E-state index is 0.350. The number of carbonyl (C=O) groups excluding carboxylic acids is 1. The highest BCUT2D eigenvalue weighted by Crippen LogP contribution is 2.32. The van der Waals surface area contributed by atoms with Gasteiger partial charge in [-0.1, -0.05) is 17.7 Å². The van der Waals surface area contributed by atoms with Gasteiger partial charge in [-0.25, -0.2) is 9.78 Å². The second-order valence-corrected chi connectivity index (χ2v) is 6.60. The van der Waals surface area contributed by atoms with Crippen LogP contribution in [0.5, 0.6) is 0 Å². The molecule has 0 aliphatic rings. The van der Waals surface area contributed by atoms with Crippen molar-refractivity contribution in [3.8, 4) is 11.5 Å². The van der Waals surface area contributed by atoms with Crippen molar-refractivity contribution < 1.29 is 19.1 Å². The highest BCUT2D eigenvalue weighted by atomic mass is 35.5. The van der Waals surface area contributed by atoms with E-state index in [0.29, 0.717) is 27.6 Å². The van der Waals surface area contributed by atoms with Crippen molar-refractivity contribution in [2.45, 2.75) is 19.4 Å². The zero-order valence-corrected chi connectivity index (χ0v) is 15.2. The van der Waals surface area contributed by atoms with E-state index >= 15 is 0 Å². The Bertz CT molecular complexity index is 996. The summed E-state index contributed by atoms with van der Waals surface area (Å²) < 4.78 is 5.75. The Morgan fingerprint density at radius 2 is 1.85 bits per heavy atom. The van der Waals surface area contributed by atoms with E-state index < -0.39 is 11.5 Å². The number of carboxylic acids is 1. The molecule has 1 N–H and O–H groups in total. The first-order valence-corrected chi connectivity index (χ1v) is 8.26. The summed E-state index contributed by atoms with van der Waals surface area (Å²) in [5.41, 5.74) is 0.716. The van der Waals surface area contributed by atoms with Gasteiger partial charge in [0.05, 0.1) is 0 Å². The molecule has 6 nitrogen and oxygen atoms in total. The molecule has 1 aromatic heterocycles. The number of benzene rings is 2. The zero-order valence-electron chi connectivity index (χ0n) is 14.5. The van der Waals surface area contributed by atoms with Crippen LogP contribution in [0.1, 0.15) is 19.4 Å². The van der Waals surface area contributed by atoms with Gasteiger partial charge in [0.25, 0.3) is 0 Å². The van der Waals surface area contributed by atoms with Crippen LogP contribution in [0.15, 0.2) is 46.9 Å². The second kappa shape index (κ2) is 6.46. The fourth-order valence-electron chi connectivity index (χ4n) is 2.72. The molecule has 0 aliphatic heterocycles. The van der Waals surface area contributed by atoms with Crippen molar-refractivity contribution >= 4 is 34.6 Å². The maximum Gasteiger partial charge on any atom is 0.334 e. The van der Waals surface area contributed by atoms with Crippen molar-refractivity contribution in [2.75, 3.05) is 7.05 Å². The molecule has 0 radical (unpaired) electrons. The first-order valence-electron chi connectivity index (χ1n) is 7.88. The molecule has 1 amide bonds. The Morgan fingerprint density at radius 1 is 1.19 bits per heavy atom. The molecule has 3 aromatic rings. The van der Waals surface area contributed by atoms with Gasteiger partial charge in [-0.15, -0.1) is 0 Å². The molecule has 0 aliphatic carbocycles. The van der Waals surface area contributed by atoms with Crippen LogP contribution in [0.25, 0.3) is 22.6 Å². The molecule has 1 unspecified atom stereocenters. The molecular formula is C19H17ClN2O4. The molecule has 0 spiro atoms. The third-order valence-corrected chi connectivity index (χ3v) is 4.85. The summed E-state index contributed by atoms with van der Waals surface area (Å²) in [7, 11) is 1.46. The number of likely N-dealkylation sites (N-methyl/N-ethyl adjacent to an activating group) is 1. The number of nitrogens with zero attached hydrogens (tertiary/aromatic N) is 2. The summed E-state index contributed by atoms with van der Waals surface area (Å²) in [4.78, 5) is 29.3. The molecule has 26 heavy (non-hydrogen) atoms. The predicted molar refractivity (Wildman–Crippen MR) is 97.9 cm³/mol. The largest absolute Gasteiger partial charge is 0.479 e. The van der Waals surface area contributed by atoms with Gasteiger partial charge in [-0.05, 0) is 48.9 Å². The topological polar surface area (TPSA) is 83.6 Å². The predicted octanol–water partition coefficient (Wildman–Crippen LogP) is 3.93. The minimum Gasteiger partial charge on any atom is -0.479 e. The van der Waals surface area contributed by atoms with Crippen LogP contribution in [0, 0.1) is 0 Å². The Hall–Kier alpha value is -2.86. The standard InChI is InChI=1S/C19H17ClN2O4/c1-11(23)22(3)19(2,18(24)25)13-6-9-16-15(10-13)21-17(26-16)12-4-7-14(20)8-5-12/h4-10H,1-3H3,(H,24,25). The Balaban J connectivity index is 2.10. The van der Waals surface area contributed by atoms with E-state index in [1.807, 2.05) is 0 Å². The fraction of sp³-hybridized carbons (Fsp3) is 0.211. The van der Waals surface area contributed by atoms with Crippen LogP contribution < -0.4 is 0 Å². The van der Waals surface area contributed by atoms with Gasteiger partial charge in [0.15, 0.2) is 11.1 Å². The van der Waals surface area contributed by atoms with E-state index in [1.165, 1.54) is 25.8 Å². The summed E-state index contributed by atoms with van der Waals surface area (Å²) in [6.45, 7) is 2.81. The summed E-state index contributed by atoms with van der Waals surface area (Å²) in [5.74, 6) is -1.07. The van der Waals surface area contributed by atoms with E-state index in [4.69, 9.17) is 16.0 Å². The molecule has 0 bridgehead atoms. The number of hydrogen-bond acceptors (Lipinski definition) is 4. The number of carboxylic acid groups (broad SMARTS) is 1. The van der Waals surface area contributed by atoms with Gasteiger partial charge in [0, 0.05) is 24.6 Å². The lowest BCUT2D eigenvalue weighted by atomic mass is 9.90. The summed E-state index contributed by atoms with van der Waals surface area (Å²) in [6.07, 6.45) is 0. The van der Waals surface area contributed by atoms with Gasteiger partial charge in [-0.3, -0.25) is 4.79 Å². The van der Waals surface area contributed by atoms with Gasteiger partial charge in [0.1, 0.15) is 5.52 Å². The molecule has 0 saturated carbocycles. The normalized spacial score (nSPS) is 13.4. The third kappa shape index (κ3) is 2.93. The Kier molecular flexibility index (Phi) is 4.46. The lowest BCUT2D eigenvalue weighted by Gasteiger charge is -2.34. The van der Waals surface area contributed by atoms with Crippen LogP contribution in [0.2, 0.25) is 5.02 Å². The number of carbonyl (C=O) groups is 2. The number of halogens is 1. The molecule has 0 fully saturated rings. The lowest BCUT2D eigenvalue weighted by molar-refractivity contribution is -0.156. The zero-order chi connectivity index (χ0) is 19.1. The maximum absolute atomic E-state index is 11.9. The van der Waals surface area contributed by atoms with Crippen molar-refractivity contribution in [3.05, 3.63) is 53.1 Å². The second-order valence-electron chi connectivity index (χ2n) is 6.16. The summed E-state index contributed by atoms with van der Waals surface area (Å²) >= 11 is 5.89. The van der Waals surface area contributed by atoms with E-state index in [-0.39, 0.29) is 5.91 Å². The average molecular weight is 373 g/mol. The van der Waals surface area contributed by atoms with Crippen LogP contribution >= 0.6 is 11.6 Å². The third-order valence-electron chi connectivity index (χ3n) is 4.60. The van der Waals surface area contributed by atoms with Crippen LogP contribution in [-0.4, -0.2) is 33.9 Å². The van der Waals surface area contributed by atoms with Gasteiger partial charge in [0.2, 0.25) is 11.8 Å². The Labute approximate surface area is 155 Å². The number of hydrogen-bond donors (Lipinski definition) is 1. The molecule has 1 atom stereocenters. The van der Waals surface area contributed by atoms with Gasteiger partial charge < -0.3 is 14.4 Å². The molecular weight excluding hydrogens is 356 g/mol. The van der Waals surface area contributed by atoms with Crippen molar-refractivity contribution in [1.82, 2.24) is 9.88 Å². The number of amides is 1. The lowest BCUT2D eigenvalue weighted by Crippen LogP contribution is -2.49. The fourth-order valence-corrected chi connectivity index (χ4v) is 2.85. The number of aliphatic carboxylic acids is 1. The van der Waals surface area contributed by atoms with E-state index in [2.05, 4.69) is 4.98 Å². The monoisotopic (exact) mass is 372 g/mol. The first-order chi connectivity index (χ1) is 12.2. The van der Waals surface area contributed by atoms with Crippen molar-refractivity contribution in [1.29, 1.82) is 0 Å². The molecule has 2 aromatic carbocycles. The SMILES string of the molecule is CC(=O)N(C)C(C)(C(=O)O)c1ccc2oc(-c3ccc(Cl)cc3)nc2c1.